The maximum Gasteiger partial charge on any atom is 0.0332 e. The molecule has 0 aliphatic carbocycles. The third-order valence-electron chi connectivity index (χ3n) is 5.08. The fraction of sp³-hybridized carbons (Fsp3) is 0.667. The second-order valence-corrected chi connectivity index (χ2v) is 6.71. The van der Waals surface area contributed by atoms with Crippen LogP contribution in [0.5, 0.6) is 0 Å². The monoisotopic (exact) mass is 274 g/mol. The highest BCUT2D eigenvalue weighted by Crippen LogP contribution is 2.28. The minimum atomic E-state index is 0.133. The summed E-state index contributed by atoms with van der Waals surface area (Å²) in [5.74, 6) is 0. The zero-order valence-corrected chi connectivity index (χ0v) is 13.6. The van der Waals surface area contributed by atoms with E-state index in [1.807, 2.05) is 0 Å². The van der Waals surface area contributed by atoms with Gasteiger partial charge in [-0.15, -0.1) is 0 Å². The molecule has 1 fully saturated rings. The second-order valence-electron chi connectivity index (χ2n) is 6.71. The second kappa shape index (κ2) is 6.28. The first-order valence-corrected chi connectivity index (χ1v) is 8.03. The Bertz CT molecular complexity index is 428. The number of rotatable bonds is 5. The smallest absolute Gasteiger partial charge is 0.0332 e. The van der Waals surface area contributed by atoms with Gasteiger partial charge in [0.1, 0.15) is 0 Å². The van der Waals surface area contributed by atoms with Gasteiger partial charge in [0.15, 0.2) is 0 Å². The van der Waals surface area contributed by atoms with Gasteiger partial charge in [0.2, 0.25) is 0 Å². The Hall–Kier alpha value is -0.860. The Morgan fingerprint density at radius 1 is 1.15 bits per heavy atom. The quantitative estimate of drug-likeness (QED) is 0.891. The largest absolute Gasteiger partial charge is 0.326 e. The van der Waals surface area contributed by atoms with Gasteiger partial charge < -0.3 is 5.73 Å². The topological polar surface area (TPSA) is 29.3 Å². The van der Waals surface area contributed by atoms with Crippen LogP contribution in [0.25, 0.3) is 0 Å². The summed E-state index contributed by atoms with van der Waals surface area (Å²) in [5, 5.41) is 0. The summed E-state index contributed by atoms with van der Waals surface area (Å²) < 4.78 is 0. The third-order valence-corrected chi connectivity index (χ3v) is 5.08. The number of hydrogen-bond acceptors (Lipinski definition) is 2. The lowest BCUT2D eigenvalue weighted by Crippen LogP contribution is -2.57. The molecule has 0 amide bonds. The Morgan fingerprint density at radius 3 is 2.20 bits per heavy atom. The Balaban J connectivity index is 2.14. The number of benzene rings is 1. The molecule has 1 aromatic rings. The number of nitrogens with zero attached hydrogens (tertiary/aromatic N) is 1. The molecule has 1 heterocycles. The molecule has 0 aromatic heterocycles. The van der Waals surface area contributed by atoms with Crippen molar-refractivity contribution in [2.75, 3.05) is 13.1 Å². The van der Waals surface area contributed by atoms with Gasteiger partial charge in [0.05, 0.1) is 0 Å². The highest BCUT2D eigenvalue weighted by atomic mass is 15.2. The molecule has 2 rings (SSSR count). The number of nitrogens with two attached hydrogens (primary N) is 1. The molecule has 0 saturated carbocycles. The molecule has 20 heavy (non-hydrogen) atoms. The van der Waals surface area contributed by atoms with Gasteiger partial charge in [0.25, 0.3) is 0 Å². The predicted molar refractivity (Wildman–Crippen MR) is 87.1 cm³/mol. The fourth-order valence-electron chi connectivity index (χ4n) is 3.61. The summed E-state index contributed by atoms with van der Waals surface area (Å²) in [6, 6.07) is 7.00. The first kappa shape index (κ1) is 15.5. The van der Waals surface area contributed by atoms with E-state index in [0.29, 0.717) is 0 Å². The molecule has 1 aliphatic heterocycles. The van der Waals surface area contributed by atoms with Crippen molar-refractivity contribution < 1.29 is 0 Å². The molecule has 0 spiro atoms. The van der Waals surface area contributed by atoms with E-state index < -0.39 is 0 Å². The summed E-state index contributed by atoms with van der Waals surface area (Å²) in [6.45, 7) is 11.4. The molecule has 0 radical (unpaired) electrons. The molecule has 0 bridgehead atoms. The lowest BCUT2D eigenvalue weighted by atomic mass is 9.84. The predicted octanol–water partition coefficient (Wildman–Crippen LogP) is 3.44. The van der Waals surface area contributed by atoms with Crippen molar-refractivity contribution in [1.29, 1.82) is 0 Å². The van der Waals surface area contributed by atoms with Gasteiger partial charge in [-0.2, -0.15) is 0 Å². The fourth-order valence-corrected chi connectivity index (χ4v) is 3.61. The lowest BCUT2D eigenvalue weighted by Gasteiger charge is -2.43. The van der Waals surface area contributed by atoms with Gasteiger partial charge in [-0.1, -0.05) is 36.2 Å². The van der Waals surface area contributed by atoms with E-state index in [9.17, 15) is 0 Å². The van der Waals surface area contributed by atoms with Gasteiger partial charge >= 0.3 is 0 Å². The van der Waals surface area contributed by atoms with Crippen LogP contribution in [0.2, 0.25) is 0 Å². The molecule has 2 atom stereocenters. The summed E-state index contributed by atoms with van der Waals surface area (Å²) in [6.07, 6.45) is 4.75. The van der Waals surface area contributed by atoms with Gasteiger partial charge in [-0.25, -0.2) is 0 Å². The van der Waals surface area contributed by atoms with E-state index in [0.717, 1.165) is 12.8 Å². The van der Waals surface area contributed by atoms with E-state index >= 15 is 0 Å². The van der Waals surface area contributed by atoms with Crippen molar-refractivity contribution in [3.05, 3.63) is 34.9 Å². The Kier molecular flexibility index (Phi) is 4.87. The molecule has 1 saturated heterocycles. The van der Waals surface area contributed by atoms with Crippen LogP contribution in [-0.2, 0) is 6.42 Å². The molecule has 2 unspecified atom stereocenters. The highest BCUT2D eigenvalue weighted by Gasteiger charge is 2.37. The zero-order valence-electron chi connectivity index (χ0n) is 13.6. The van der Waals surface area contributed by atoms with Gasteiger partial charge in [-0.3, -0.25) is 4.90 Å². The van der Waals surface area contributed by atoms with E-state index in [2.05, 4.69) is 50.8 Å². The van der Waals surface area contributed by atoms with Crippen molar-refractivity contribution in [2.45, 2.75) is 65.0 Å². The van der Waals surface area contributed by atoms with E-state index in [4.69, 9.17) is 5.73 Å². The minimum Gasteiger partial charge on any atom is -0.326 e. The number of aryl methyl sites for hydroxylation is 2. The van der Waals surface area contributed by atoms with Crippen LogP contribution in [0.1, 0.15) is 49.8 Å². The third kappa shape index (κ3) is 3.24. The summed E-state index contributed by atoms with van der Waals surface area (Å²) in [4.78, 5) is 2.61. The van der Waals surface area contributed by atoms with E-state index in [1.165, 1.54) is 42.6 Å². The number of likely N-dealkylation sites (tertiary alicyclic amines) is 1. The summed E-state index contributed by atoms with van der Waals surface area (Å²) in [5.41, 5.74) is 10.8. The van der Waals surface area contributed by atoms with Crippen molar-refractivity contribution in [3.63, 3.8) is 0 Å². The molecule has 2 nitrogen and oxygen atoms in total. The summed E-state index contributed by atoms with van der Waals surface area (Å²) >= 11 is 0. The Labute approximate surface area is 124 Å². The molecule has 1 aliphatic rings. The zero-order chi connectivity index (χ0) is 14.8. The summed E-state index contributed by atoms with van der Waals surface area (Å²) in [7, 11) is 0. The first-order chi connectivity index (χ1) is 9.45. The lowest BCUT2D eigenvalue weighted by molar-refractivity contribution is 0.0998. The molecule has 2 heteroatoms. The SMILES string of the molecule is CCC(C)(C(N)Cc1cc(C)cc(C)c1)N1CCCC1. The maximum atomic E-state index is 6.63. The number of hydrogen-bond donors (Lipinski definition) is 1. The van der Waals surface area contributed by atoms with Crippen molar-refractivity contribution in [2.24, 2.45) is 5.73 Å². The Morgan fingerprint density at radius 2 is 1.70 bits per heavy atom. The highest BCUT2D eigenvalue weighted by molar-refractivity contribution is 5.29. The average molecular weight is 274 g/mol. The molecule has 2 N–H and O–H groups in total. The molecular formula is C18H30N2. The maximum absolute atomic E-state index is 6.63. The van der Waals surface area contributed by atoms with Crippen LogP contribution in [-0.4, -0.2) is 29.6 Å². The van der Waals surface area contributed by atoms with Crippen LogP contribution in [0.4, 0.5) is 0 Å². The molecular weight excluding hydrogens is 244 g/mol. The first-order valence-electron chi connectivity index (χ1n) is 8.03. The van der Waals surface area contributed by atoms with Crippen molar-refractivity contribution in [3.8, 4) is 0 Å². The van der Waals surface area contributed by atoms with Crippen molar-refractivity contribution >= 4 is 0 Å². The van der Waals surface area contributed by atoms with Crippen LogP contribution in [0.3, 0.4) is 0 Å². The van der Waals surface area contributed by atoms with Crippen LogP contribution in [0, 0.1) is 13.8 Å². The molecule has 1 aromatic carbocycles. The average Bonchev–Trinajstić information content (AvgIpc) is 2.90. The van der Waals surface area contributed by atoms with Gasteiger partial charge in [0, 0.05) is 11.6 Å². The van der Waals surface area contributed by atoms with E-state index in [-0.39, 0.29) is 11.6 Å². The molecule has 112 valence electrons. The van der Waals surface area contributed by atoms with Gasteiger partial charge in [-0.05, 0) is 65.1 Å². The standard InChI is InChI=1S/C18H30N2/c1-5-18(4,20-8-6-7-9-20)17(19)13-16-11-14(2)10-15(3)12-16/h10-12,17H,5-9,13,19H2,1-4H3. The minimum absolute atomic E-state index is 0.133. The van der Waals surface area contributed by atoms with Crippen LogP contribution in [0.15, 0.2) is 18.2 Å². The normalized spacial score (nSPS) is 20.9. The van der Waals surface area contributed by atoms with E-state index in [1.54, 1.807) is 0 Å². The van der Waals surface area contributed by atoms with Crippen LogP contribution >= 0.6 is 0 Å². The van der Waals surface area contributed by atoms with Crippen molar-refractivity contribution in [1.82, 2.24) is 4.90 Å². The van der Waals surface area contributed by atoms with Crippen LogP contribution < -0.4 is 5.73 Å².